The van der Waals surface area contributed by atoms with E-state index in [4.69, 9.17) is 9.73 Å². The van der Waals surface area contributed by atoms with Crippen molar-refractivity contribution in [3.05, 3.63) is 41.5 Å². The van der Waals surface area contributed by atoms with E-state index >= 15 is 0 Å². The summed E-state index contributed by atoms with van der Waals surface area (Å²) >= 11 is 0. The largest absolute Gasteiger partial charge is 0.497 e. The van der Waals surface area contributed by atoms with Gasteiger partial charge < -0.3 is 19.9 Å². The topological polar surface area (TPSA) is 79.6 Å². The number of hydrogen-bond donors (Lipinski definition) is 2. The third-order valence-electron chi connectivity index (χ3n) is 5.70. The molecule has 1 aliphatic heterocycles. The van der Waals surface area contributed by atoms with E-state index in [0.29, 0.717) is 6.54 Å². The monoisotopic (exact) mass is 413 g/mol. The lowest BCUT2D eigenvalue weighted by Gasteiger charge is -2.35. The van der Waals surface area contributed by atoms with Crippen LogP contribution in [0.2, 0.25) is 0 Å². The van der Waals surface area contributed by atoms with Crippen LogP contribution in [0.3, 0.4) is 0 Å². The Hall–Kier alpha value is -2.61. The second-order valence-corrected chi connectivity index (χ2v) is 7.68. The first-order chi connectivity index (χ1) is 14.6. The van der Waals surface area contributed by atoms with Gasteiger partial charge in [-0.1, -0.05) is 18.6 Å². The molecule has 1 aromatic heterocycles. The van der Waals surface area contributed by atoms with E-state index in [2.05, 4.69) is 44.8 Å². The Morgan fingerprint density at radius 3 is 2.47 bits per heavy atom. The maximum Gasteiger partial charge on any atom is 0.191 e. The van der Waals surface area contributed by atoms with Crippen LogP contribution in [0.25, 0.3) is 0 Å². The Morgan fingerprint density at radius 1 is 1.13 bits per heavy atom. The Morgan fingerprint density at radius 2 is 1.87 bits per heavy atom. The minimum absolute atomic E-state index is 0.289. The van der Waals surface area contributed by atoms with Crippen molar-refractivity contribution < 1.29 is 4.74 Å². The van der Waals surface area contributed by atoms with Crippen LogP contribution in [0.1, 0.15) is 49.4 Å². The van der Waals surface area contributed by atoms with Crippen molar-refractivity contribution in [1.82, 2.24) is 30.3 Å². The minimum atomic E-state index is 0.289. The van der Waals surface area contributed by atoms with Crippen molar-refractivity contribution in [1.29, 1.82) is 0 Å². The molecule has 8 nitrogen and oxygen atoms in total. The summed E-state index contributed by atoms with van der Waals surface area (Å²) in [7, 11) is 3.67. The molecular weight excluding hydrogens is 378 g/mol. The van der Waals surface area contributed by atoms with Crippen molar-refractivity contribution in [3.63, 3.8) is 0 Å². The number of nitrogens with zero attached hydrogens (tertiary/aromatic N) is 5. The highest BCUT2D eigenvalue weighted by Gasteiger charge is 2.22. The molecular formula is C22H35N7O. The normalized spacial score (nSPS) is 16.3. The molecule has 3 rings (SSSR count). The van der Waals surface area contributed by atoms with Crippen molar-refractivity contribution in [3.8, 4) is 5.75 Å². The summed E-state index contributed by atoms with van der Waals surface area (Å²) in [4.78, 5) is 7.31. The molecule has 2 aromatic rings. The zero-order valence-corrected chi connectivity index (χ0v) is 18.7. The smallest absolute Gasteiger partial charge is 0.191 e. The number of aromatic nitrogens is 3. The predicted molar refractivity (Wildman–Crippen MR) is 120 cm³/mol. The van der Waals surface area contributed by atoms with Gasteiger partial charge >= 0.3 is 0 Å². The van der Waals surface area contributed by atoms with Gasteiger partial charge in [0.15, 0.2) is 11.8 Å². The van der Waals surface area contributed by atoms with Crippen LogP contribution in [-0.2, 0) is 13.6 Å². The third-order valence-corrected chi connectivity index (χ3v) is 5.70. The SMILES string of the molecule is CCNC(=NCc1nnc(C)n1C)NCC(c1ccc(OC)cc1)N1CCCCC1. The van der Waals surface area contributed by atoms with Gasteiger partial charge in [-0.05, 0) is 57.5 Å². The maximum atomic E-state index is 5.34. The molecule has 1 aliphatic rings. The summed E-state index contributed by atoms with van der Waals surface area (Å²) in [6.45, 7) is 8.37. The predicted octanol–water partition coefficient (Wildman–Crippen LogP) is 2.41. The summed E-state index contributed by atoms with van der Waals surface area (Å²) in [5, 5.41) is 15.2. The van der Waals surface area contributed by atoms with Gasteiger partial charge in [-0.3, -0.25) is 4.90 Å². The molecule has 164 valence electrons. The first-order valence-corrected chi connectivity index (χ1v) is 10.9. The Kier molecular flexibility index (Phi) is 8.07. The fourth-order valence-corrected chi connectivity index (χ4v) is 3.79. The van der Waals surface area contributed by atoms with E-state index in [-0.39, 0.29) is 6.04 Å². The maximum absolute atomic E-state index is 5.34. The summed E-state index contributed by atoms with van der Waals surface area (Å²) in [6, 6.07) is 8.72. The first-order valence-electron chi connectivity index (χ1n) is 10.9. The fourth-order valence-electron chi connectivity index (χ4n) is 3.79. The third kappa shape index (κ3) is 5.72. The summed E-state index contributed by atoms with van der Waals surface area (Å²) < 4.78 is 7.31. The first kappa shape index (κ1) is 22.1. The standard InChI is InChI=1S/C22H35N7O/c1-5-23-22(25-16-21-27-26-17(2)28(21)3)24-15-20(29-13-7-6-8-14-29)18-9-11-19(30-4)12-10-18/h9-12,20H,5-8,13-16H2,1-4H3,(H2,23,24,25). The number of guanidine groups is 1. The minimum Gasteiger partial charge on any atom is -0.497 e. The average Bonchev–Trinajstić information content (AvgIpc) is 3.11. The van der Waals surface area contributed by atoms with Crippen LogP contribution >= 0.6 is 0 Å². The number of methoxy groups -OCH3 is 1. The lowest BCUT2D eigenvalue weighted by Crippen LogP contribution is -2.44. The second-order valence-electron chi connectivity index (χ2n) is 7.68. The highest BCUT2D eigenvalue weighted by Crippen LogP contribution is 2.25. The zero-order chi connectivity index (χ0) is 21.3. The molecule has 1 fully saturated rings. The van der Waals surface area contributed by atoms with E-state index in [1.807, 2.05) is 30.7 Å². The number of aryl methyl sites for hydroxylation is 1. The summed E-state index contributed by atoms with van der Waals surface area (Å²) in [6.07, 6.45) is 3.83. The number of aliphatic imine (C=N–C) groups is 1. The van der Waals surface area contributed by atoms with E-state index < -0.39 is 0 Å². The van der Waals surface area contributed by atoms with Crippen LogP contribution in [0.5, 0.6) is 5.75 Å². The van der Waals surface area contributed by atoms with Gasteiger partial charge in [-0.15, -0.1) is 10.2 Å². The van der Waals surface area contributed by atoms with Crippen LogP contribution in [0.4, 0.5) is 0 Å². The lowest BCUT2D eigenvalue weighted by atomic mass is 10.0. The van der Waals surface area contributed by atoms with Crippen molar-refractivity contribution >= 4 is 5.96 Å². The van der Waals surface area contributed by atoms with Crippen LogP contribution in [0, 0.1) is 6.92 Å². The summed E-state index contributed by atoms with van der Waals surface area (Å²) in [5.41, 5.74) is 1.30. The van der Waals surface area contributed by atoms with Gasteiger partial charge in [-0.25, -0.2) is 4.99 Å². The molecule has 0 aliphatic carbocycles. The van der Waals surface area contributed by atoms with E-state index in [9.17, 15) is 0 Å². The van der Waals surface area contributed by atoms with Crippen LogP contribution < -0.4 is 15.4 Å². The number of benzene rings is 1. The van der Waals surface area contributed by atoms with Crippen molar-refractivity contribution in [2.45, 2.75) is 45.7 Å². The zero-order valence-electron chi connectivity index (χ0n) is 18.7. The van der Waals surface area contributed by atoms with Crippen molar-refractivity contribution in [2.24, 2.45) is 12.0 Å². The molecule has 1 atom stereocenters. The second kappa shape index (κ2) is 11.0. The molecule has 1 unspecified atom stereocenters. The molecule has 0 saturated carbocycles. The Bertz CT molecular complexity index is 809. The van der Waals surface area contributed by atoms with Gasteiger partial charge in [0.25, 0.3) is 0 Å². The molecule has 30 heavy (non-hydrogen) atoms. The van der Waals surface area contributed by atoms with Gasteiger partial charge in [0.1, 0.15) is 18.1 Å². The molecule has 0 bridgehead atoms. The number of piperidine rings is 1. The number of hydrogen-bond acceptors (Lipinski definition) is 5. The molecule has 1 saturated heterocycles. The average molecular weight is 414 g/mol. The molecule has 0 spiro atoms. The lowest BCUT2D eigenvalue weighted by molar-refractivity contribution is 0.164. The van der Waals surface area contributed by atoms with Gasteiger partial charge in [0.05, 0.1) is 13.2 Å². The van der Waals surface area contributed by atoms with Gasteiger partial charge in [-0.2, -0.15) is 0 Å². The molecule has 0 radical (unpaired) electrons. The highest BCUT2D eigenvalue weighted by molar-refractivity contribution is 5.79. The van der Waals surface area contributed by atoms with E-state index in [1.165, 1.54) is 24.8 Å². The highest BCUT2D eigenvalue weighted by atomic mass is 16.5. The van der Waals surface area contributed by atoms with Gasteiger partial charge in [0.2, 0.25) is 0 Å². The summed E-state index contributed by atoms with van der Waals surface area (Å²) in [5.74, 6) is 3.43. The van der Waals surface area contributed by atoms with Crippen molar-refractivity contribution in [2.75, 3.05) is 33.3 Å². The number of likely N-dealkylation sites (tertiary alicyclic amines) is 1. The molecule has 2 N–H and O–H groups in total. The Balaban J connectivity index is 1.72. The molecule has 1 aromatic carbocycles. The molecule has 8 heteroatoms. The van der Waals surface area contributed by atoms with Crippen LogP contribution in [-0.4, -0.2) is 58.9 Å². The van der Waals surface area contributed by atoms with Gasteiger partial charge in [0, 0.05) is 20.1 Å². The number of rotatable bonds is 8. The number of ether oxygens (including phenoxy) is 1. The van der Waals surface area contributed by atoms with E-state index in [1.54, 1.807) is 7.11 Å². The number of nitrogens with one attached hydrogen (secondary N) is 2. The van der Waals surface area contributed by atoms with Crippen LogP contribution in [0.15, 0.2) is 29.3 Å². The quantitative estimate of drug-likeness (QED) is 0.511. The Labute approximate surface area is 179 Å². The molecule has 0 amide bonds. The fraction of sp³-hybridized carbons (Fsp3) is 0.591. The molecule has 2 heterocycles. The van der Waals surface area contributed by atoms with E-state index in [0.717, 1.165) is 49.5 Å².